The molecule has 0 fully saturated rings. The predicted molar refractivity (Wildman–Crippen MR) is 69.5 cm³/mol. The van der Waals surface area contributed by atoms with Crippen LogP contribution in [0.5, 0.6) is 0 Å². The molecule has 1 aliphatic rings. The first-order valence-corrected chi connectivity index (χ1v) is 6.13. The third-order valence-electron chi connectivity index (χ3n) is 4.19. The van der Waals surface area contributed by atoms with E-state index in [0.717, 1.165) is 15.4 Å². The Morgan fingerprint density at radius 1 is 1.17 bits per heavy atom. The highest BCUT2D eigenvalue weighted by molar-refractivity contribution is 5.81. The normalized spacial score (nSPS) is 21.5. The molecule has 0 unspecified atom stereocenters. The Bertz CT molecular complexity index is 478. The Balaban J connectivity index is 2.37. The van der Waals surface area contributed by atoms with Crippen LogP contribution in [0, 0.1) is 5.21 Å². The van der Waals surface area contributed by atoms with E-state index >= 15 is 0 Å². The number of amidine groups is 1. The van der Waals surface area contributed by atoms with Crippen LogP contribution in [0.15, 0.2) is 30.3 Å². The fraction of sp³-hybridized carbons (Fsp3) is 0.500. The molecule has 2 rings (SSSR count). The van der Waals surface area contributed by atoms with Gasteiger partial charge in [-0.15, -0.1) is 0 Å². The quantitative estimate of drug-likeness (QED) is 0.595. The lowest BCUT2D eigenvalue weighted by molar-refractivity contribution is -0.540. The van der Waals surface area contributed by atoms with Crippen LogP contribution in [0.2, 0.25) is 0 Å². The monoisotopic (exact) mass is 247 g/mol. The van der Waals surface area contributed by atoms with Gasteiger partial charge in [0.05, 0.1) is 6.42 Å². The minimum Gasteiger partial charge on any atom is -0.715 e. The lowest BCUT2D eigenvalue weighted by Gasteiger charge is -2.32. The van der Waals surface area contributed by atoms with Gasteiger partial charge in [-0.2, -0.15) is 0 Å². The minimum atomic E-state index is -0.723. The molecule has 0 saturated heterocycles. The summed E-state index contributed by atoms with van der Waals surface area (Å²) in [6, 6.07) is 9.58. The van der Waals surface area contributed by atoms with Crippen LogP contribution in [-0.4, -0.2) is 26.7 Å². The van der Waals surface area contributed by atoms with Crippen LogP contribution in [0.25, 0.3) is 0 Å². The van der Waals surface area contributed by atoms with Gasteiger partial charge in [0.25, 0.3) is 5.84 Å². The van der Waals surface area contributed by atoms with E-state index in [0.29, 0.717) is 6.42 Å². The van der Waals surface area contributed by atoms with E-state index in [4.69, 9.17) is 0 Å². The lowest BCUT2D eigenvalue weighted by atomic mass is 9.84. The van der Waals surface area contributed by atoms with Crippen molar-refractivity contribution in [3.05, 3.63) is 41.1 Å². The molecule has 0 N–H and O–H groups in total. The van der Waals surface area contributed by atoms with Crippen molar-refractivity contribution in [2.75, 3.05) is 0 Å². The highest BCUT2D eigenvalue weighted by Gasteiger charge is 2.59. The smallest absolute Gasteiger partial charge is 0.289 e. The summed E-state index contributed by atoms with van der Waals surface area (Å²) in [7, 11) is 0. The highest BCUT2D eigenvalue weighted by atomic mass is 16.5. The average molecular weight is 247 g/mol. The molecule has 1 heterocycles. The van der Waals surface area contributed by atoms with Crippen LogP contribution in [-0.2, 0) is 11.6 Å². The van der Waals surface area contributed by atoms with Crippen molar-refractivity contribution in [2.45, 2.75) is 45.2 Å². The summed E-state index contributed by atoms with van der Waals surface area (Å²) in [4.78, 5) is 0. The van der Waals surface area contributed by atoms with Crippen LogP contribution < -0.4 is 0 Å². The van der Waals surface area contributed by atoms with Gasteiger partial charge in [-0.3, -0.25) is 4.74 Å². The zero-order valence-electron chi connectivity index (χ0n) is 11.3. The van der Waals surface area contributed by atoms with Crippen LogP contribution in [0.4, 0.5) is 0 Å². The summed E-state index contributed by atoms with van der Waals surface area (Å²) >= 11 is 0. The van der Waals surface area contributed by atoms with Crippen molar-refractivity contribution in [1.29, 1.82) is 0 Å². The topological polar surface area (TPSA) is 49.2 Å². The first kappa shape index (κ1) is 12.9. The Morgan fingerprint density at radius 2 is 1.72 bits per heavy atom. The number of hydroxylamine groups is 3. The van der Waals surface area contributed by atoms with Gasteiger partial charge in [0.15, 0.2) is 5.54 Å². The predicted octanol–water partition coefficient (Wildman–Crippen LogP) is 2.36. The second-order valence-corrected chi connectivity index (χ2v) is 5.79. The van der Waals surface area contributed by atoms with Gasteiger partial charge < -0.3 is 5.21 Å². The van der Waals surface area contributed by atoms with Gasteiger partial charge >= 0.3 is 0 Å². The van der Waals surface area contributed by atoms with Gasteiger partial charge in [0, 0.05) is 5.21 Å². The summed E-state index contributed by atoms with van der Waals surface area (Å²) in [5, 5.41) is 25.5. The molecular formula is C14H19N2O2. The van der Waals surface area contributed by atoms with Crippen LogP contribution in [0.1, 0.15) is 33.3 Å². The van der Waals surface area contributed by atoms with Gasteiger partial charge in [-0.05, 0) is 33.3 Å². The molecule has 0 saturated carbocycles. The van der Waals surface area contributed by atoms with E-state index in [1.165, 1.54) is 0 Å². The van der Waals surface area contributed by atoms with E-state index in [9.17, 15) is 10.4 Å². The molecule has 0 bridgehead atoms. The molecule has 0 atom stereocenters. The van der Waals surface area contributed by atoms with Gasteiger partial charge in [-0.25, -0.2) is 0 Å². The molecule has 1 aromatic rings. The molecule has 4 nitrogen and oxygen atoms in total. The largest absolute Gasteiger partial charge is 0.715 e. The Morgan fingerprint density at radius 3 is 2.17 bits per heavy atom. The fourth-order valence-corrected chi connectivity index (χ4v) is 2.15. The van der Waals surface area contributed by atoms with Crippen LogP contribution >= 0.6 is 0 Å². The molecule has 1 aromatic carbocycles. The third kappa shape index (κ3) is 1.68. The first-order chi connectivity index (χ1) is 8.28. The van der Waals surface area contributed by atoms with E-state index in [2.05, 4.69) is 0 Å². The van der Waals surface area contributed by atoms with Crippen molar-refractivity contribution < 1.29 is 9.95 Å². The number of rotatable bonds is 2. The minimum absolute atomic E-state index is 0.288. The van der Waals surface area contributed by atoms with Crippen molar-refractivity contribution in [3.63, 3.8) is 0 Å². The molecule has 4 heteroatoms. The second kappa shape index (κ2) is 3.99. The lowest BCUT2D eigenvalue weighted by Crippen LogP contribution is -2.53. The highest BCUT2D eigenvalue weighted by Crippen LogP contribution is 2.36. The average Bonchev–Trinajstić information content (AvgIpc) is 2.44. The zero-order chi connectivity index (χ0) is 13.6. The first-order valence-electron chi connectivity index (χ1n) is 6.13. The molecule has 97 valence electrons. The van der Waals surface area contributed by atoms with E-state index < -0.39 is 11.1 Å². The summed E-state index contributed by atoms with van der Waals surface area (Å²) in [5.41, 5.74) is -0.472. The molecule has 0 aromatic heterocycles. The van der Waals surface area contributed by atoms with E-state index in [-0.39, 0.29) is 5.84 Å². The Hall–Kier alpha value is -1.55. The van der Waals surface area contributed by atoms with Gasteiger partial charge in [-0.1, -0.05) is 35.4 Å². The molecule has 1 aliphatic heterocycles. The van der Waals surface area contributed by atoms with Crippen molar-refractivity contribution in [3.8, 4) is 0 Å². The van der Waals surface area contributed by atoms with E-state index in [1.54, 1.807) is 0 Å². The summed E-state index contributed by atoms with van der Waals surface area (Å²) in [6.07, 6.45) is 0.376. The van der Waals surface area contributed by atoms with Crippen LogP contribution in [0.3, 0.4) is 0 Å². The maximum absolute atomic E-state index is 12.3. The molecular weight excluding hydrogens is 228 g/mol. The summed E-state index contributed by atoms with van der Waals surface area (Å²) in [6.45, 7) is 7.23. The van der Waals surface area contributed by atoms with Gasteiger partial charge in [0.2, 0.25) is 0 Å². The van der Waals surface area contributed by atoms with Crippen molar-refractivity contribution >= 4 is 5.84 Å². The molecule has 0 spiro atoms. The molecule has 0 amide bonds. The standard InChI is InChI=1S/C14H19N2O2/c1-13(2)14(3,4)16(18)12(15(13)17)10-11-8-6-5-7-9-11/h5-9H,10H2,1-4H3. The van der Waals surface area contributed by atoms with E-state index in [1.807, 2.05) is 58.0 Å². The molecule has 1 radical (unpaired) electrons. The number of hydrogen-bond donors (Lipinski definition) is 0. The number of hydrogen-bond acceptors (Lipinski definition) is 2. The van der Waals surface area contributed by atoms with Crippen molar-refractivity contribution in [1.82, 2.24) is 5.06 Å². The molecule has 0 aliphatic carbocycles. The maximum atomic E-state index is 12.3. The second-order valence-electron chi connectivity index (χ2n) is 5.79. The third-order valence-corrected chi connectivity index (χ3v) is 4.19. The summed E-state index contributed by atoms with van der Waals surface area (Å²) < 4.78 is 0.868. The fourth-order valence-electron chi connectivity index (χ4n) is 2.15. The van der Waals surface area contributed by atoms with Crippen molar-refractivity contribution in [2.24, 2.45) is 0 Å². The SMILES string of the molecule is CC1(C)N([O])C(Cc2ccccc2)=[N+]([O-])C1(C)C. The number of nitrogens with zero attached hydrogens (tertiary/aromatic N) is 2. The maximum Gasteiger partial charge on any atom is 0.289 e. The van der Waals surface area contributed by atoms with Gasteiger partial charge in [0.1, 0.15) is 5.54 Å². The summed E-state index contributed by atoms with van der Waals surface area (Å²) in [5.74, 6) is 0.288. The molecule has 18 heavy (non-hydrogen) atoms. The Labute approximate surface area is 108 Å². The Kier molecular flexibility index (Phi) is 2.86. The number of benzene rings is 1. The zero-order valence-corrected chi connectivity index (χ0v) is 11.3.